The molecule has 0 spiro atoms. The molecule has 0 unspecified atom stereocenters. The molecule has 0 amide bonds. The molecule has 0 aliphatic carbocycles. The largest absolute Gasteiger partial charge is 0.416 e. The van der Waals surface area contributed by atoms with Crippen molar-refractivity contribution in [1.29, 1.82) is 0 Å². The SMILES string of the molecule is CCNCCSc1cccc(C(F)(F)F)c1. The molecule has 0 saturated carbocycles. The van der Waals surface area contributed by atoms with Crippen molar-refractivity contribution in [3.05, 3.63) is 29.8 Å². The Hall–Kier alpha value is -0.680. The average molecular weight is 249 g/mol. The molecule has 0 fully saturated rings. The fourth-order valence-electron chi connectivity index (χ4n) is 1.18. The first-order chi connectivity index (χ1) is 7.54. The molecule has 1 nitrogen and oxygen atoms in total. The van der Waals surface area contributed by atoms with Gasteiger partial charge in [0.05, 0.1) is 5.56 Å². The molecule has 16 heavy (non-hydrogen) atoms. The van der Waals surface area contributed by atoms with Crippen LogP contribution in [0.4, 0.5) is 13.2 Å². The normalized spacial score (nSPS) is 11.8. The first kappa shape index (κ1) is 13.4. The smallest absolute Gasteiger partial charge is 0.316 e. The molecular weight excluding hydrogens is 235 g/mol. The fourth-order valence-corrected chi connectivity index (χ4v) is 2.05. The highest BCUT2D eigenvalue weighted by Gasteiger charge is 2.30. The van der Waals surface area contributed by atoms with Crippen molar-refractivity contribution in [2.24, 2.45) is 0 Å². The predicted molar refractivity (Wildman–Crippen MR) is 60.7 cm³/mol. The zero-order valence-corrected chi connectivity index (χ0v) is 9.79. The summed E-state index contributed by atoms with van der Waals surface area (Å²) in [6.07, 6.45) is -4.25. The number of hydrogen-bond donors (Lipinski definition) is 1. The van der Waals surface area contributed by atoms with E-state index in [2.05, 4.69) is 5.32 Å². The summed E-state index contributed by atoms with van der Waals surface area (Å²) in [6, 6.07) is 5.43. The van der Waals surface area contributed by atoms with Gasteiger partial charge in [0.25, 0.3) is 0 Å². The second-order valence-corrected chi connectivity index (χ2v) is 4.40. The predicted octanol–water partition coefficient (Wildman–Crippen LogP) is 3.41. The summed E-state index contributed by atoms with van der Waals surface area (Å²) in [5, 5.41) is 3.12. The van der Waals surface area contributed by atoms with Crippen LogP contribution in [0, 0.1) is 0 Å². The fraction of sp³-hybridized carbons (Fsp3) is 0.455. The number of halogens is 3. The topological polar surface area (TPSA) is 12.0 Å². The second kappa shape index (κ2) is 6.15. The van der Waals surface area contributed by atoms with Crippen LogP contribution >= 0.6 is 11.8 Å². The van der Waals surface area contributed by atoms with Gasteiger partial charge in [-0.25, -0.2) is 0 Å². The van der Waals surface area contributed by atoms with E-state index >= 15 is 0 Å². The standard InChI is InChI=1S/C11H14F3NS/c1-2-15-6-7-16-10-5-3-4-9(8-10)11(12,13)14/h3-5,8,15H,2,6-7H2,1H3. The average Bonchev–Trinajstić information content (AvgIpc) is 2.24. The molecule has 1 aromatic carbocycles. The van der Waals surface area contributed by atoms with Crippen molar-refractivity contribution in [2.45, 2.75) is 18.0 Å². The number of rotatable bonds is 5. The van der Waals surface area contributed by atoms with E-state index in [1.165, 1.54) is 23.9 Å². The molecule has 0 heterocycles. The Morgan fingerprint density at radius 2 is 2.06 bits per heavy atom. The molecule has 0 bridgehead atoms. The van der Waals surface area contributed by atoms with E-state index in [0.29, 0.717) is 4.90 Å². The highest BCUT2D eigenvalue weighted by atomic mass is 32.2. The summed E-state index contributed by atoms with van der Waals surface area (Å²) in [5.41, 5.74) is -0.582. The molecule has 1 aromatic rings. The van der Waals surface area contributed by atoms with Gasteiger partial charge in [-0.2, -0.15) is 13.2 Å². The van der Waals surface area contributed by atoms with Gasteiger partial charge in [-0.15, -0.1) is 11.8 Å². The van der Waals surface area contributed by atoms with Crippen molar-refractivity contribution in [3.8, 4) is 0 Å². The Balaban J connectivity index is 2.54. The lowest BCUT2D eigenvalue weighted by molar-refractivity contribution is -0.137. The number of nitrogens with one attached hydrogen (secondary N) is 1. The first-order valence-electron chi connectivity index (χ1n) is 5.05. The van der Waals surface area contributed by atoms with E-state index < -0.39 is 11.7 Å². The molecule has 0 aliphatic heterocycles. The highest BCUT2D eigenvalue weighted by Crippen LogP contribution is 2.31. The molecule has 0 aromatic heterocycles. The van der Waals surface area contributed by atoms with Crippen molar-refractivity contribution in [3.63, 3.8) is 0 Å². The second-order valence-electron chi connectivity index (χ2n) is 3.23. The van der Waals surface area contributed by atoms with Crippen LogP contribution in [0.2, 0.25) is 0 Å². The van der Waals surface area contributed by atoms with Crippen LogP contribution in [0.15, 0.2) is 29.2 Å². The Labute approximate surface area is 97.4 Å². The monoisotopic (exact) mass is 249 g/mol. The Kier molecular flexibility index (Phi) is 5.15. The Bertz CT molecular complexity index is 325. The van der Waals surface area contributed by atoms with Crippen LogP contribution < -0.4 is 5.32 Å². The molecular formula is C11H14F3NS. The summed E-state index contributed by atoms with van der Waals surface area (Å²) in [5.74, 6) is 0.773. The zero-order valence-electron chi connectivity index (χ0n) is 8.97. The van der Waals surface area contributed by atoms with E-state index in [4.69, 9.17) is 0 Å². The van der Waals surface area contributed by atoms with Crippen LogP contribution in [0.1, 0.15) is 12.5 Å². The maximum Gasteiger partial charge on any atom is 0.416 e. The minimum absolute atomic E-state index is 0.582. The minimum Gasteiger partial charge on any atom is -0.316 e. The van der Waals surface area contributed by atoms with E-state index in [1.807, 2.05) is 6.92 Å². The maximum atomic E-state index is 12.4. The molecule has 5 heteroatoms. The summed E-state index contributed by atoms with van der Waals surface area (Å²) in [4.78, 5) is 0.660. The summed E-state index contributed by atoms with van der Waals surface area (Å²) in [6.45, 7) is 3.68. The number of benzene rings is 1. The highest BCUT2D eigenvalue weighted by molar-refractivity contribution is 7.99. The van der Waals surface area contributed by atoms with Gasteiger partial charge in [0.15, 0.2) is 0 Å². The van der Waals surface area contributed by atoms with Gasteiger partial charge in [-0.1, -0.05) is 13.0 Å². The Morgan fingerprint density at radius 3 is 2.69 bits per heavy atom. The molecule has 90 valence electrons. The molecule has 1 rings (SSSR count). The van der Waals surface area contributed by atoms with Gasteiger partial charge >= 0.3 is 6.18 Å². The van der Waals surface area contributed by atoms with Gasteiger partial charge in [0.2, 0.25) is 0 Å². The summed E-state index contributed by atoms with van der Waals surface area (Å²) >= 11 is 1.43. The van der Waals surface area contributed by atoms with E-state index in [9.17, 15) is 13.2 Å². The summed E-state index contributed by atoms with van der Waals surface area (Å²) in [7, 11) is 0. The molecule has 0 aliphatic rings. The van der Waals surface area contributed by atoms with Crippen molar-refractivity contribution in [1.82, 2.24) is 5.32 Å². The molecule has 0 saturated heterocycles. The summed E-state index contributed by atoms with van der Waals surface area (Å²) < 4.78 is 37.2. The van der Waals surface area contributed by atoms with Gasteiger partial charge in [-0.3, -0.25) is 0 Å². The quantitative estimate of drug-likeness (QED) is 0.634. The van der Waals surface area contributed by atoms with Crippen LogP contribution in [-0.4, -0.2) is 18.8 Å². The third kappa shape index (κ3) is 4.45. The van der Waals surface area contributed by atoms with Gasteiger partial charge < -0.3 is 5.32 Å². The molecule has 0 radical (unpaired) electrons. The lowest BCUT2D eigenvalue weighted by atomic mass is 10.2. The van der Waals surface area contributed by atoms with Gasteiger partial charge in [0.1, 0.15) is 0 Å². The van der Waals surface area contributed by atoms with Crippen LogP contribution in [0.25, 0.3) is 0 Å². The van der Waals surface area contributed by atoms with Crippen LogP contribution in [-0.2, 0) is 6.18 Å². The molecule has 0 atom stereocenters. The molecule has 1 N–H and O–H groups in total. The number of alkyl halides is 3. The third-order valence-electron chi connectivity index (χ3n) is 1.96. The van der Waals surface area contributed by atoms with Crippen LogP contribution in [0.3, 0.4) is 0 Å². The lowest BCUT2D eigenvalue weighted by Gasteiger charge is -2.08. The van der Waals surface area contributed by atoms with Crippen molar-refractivity contribution in [2.75, 3.05) is 18.8 Å². The first-order valence-corrected chi connectivity index (χ1v) is 6.03. The maximum absolute atomic E-state index is 12.4. The van der Waals surface area contributed by atoms with Crippen molar-refractivity contribution >= 4 is 11.8 Å². The zero-order chi connectivity index (χ0) is 12.0. The number of hydrogen-bond acceptors (Lipinski definition) is 2. The van der Waals surface area contributed by atoms with Crippen molar-refractivity contribution < 1.29 is 13.2 Å². The van der Waals surface area contributed by atoms with E-state index in [-0.39, 0.29) is 0 Å². The van der Waals surface area contributed by atoms with Crippen LogP contribution in [0.5, 0.6) is 0 Å². The minimum atomic E-state index is -4.25. The third-order valence-corrected chi connectivity index (χ3v) is 2.95. The Morgan fingerprint density at radius 1 is 1.31 bits per heavy atom. The lowest BCUT2D eigenvalue weighted by Crippen LogP contribution is -2.15. The van der Waals surface area contributed by atoms with Gasteiger partial charge in [-0.05, 0) is 24.7 Å². The number of thioether (sulfide) groups is 1. The van der Waals surface area contributed by atoms with E-state index in [1.54, 1.807) is 6.07 Å². The van der Waals surface area contributed by atoms with Gasteiger partial charge in [0, 0.05) is 17.2 Å². The van der Waals surface area contributed by atoms with E-state index in [0.717, 1.165) is 24.9 Å².